The van der Waals surface area contributed by atoms with Crippen LogP contribution in [-0.2, 0) is 0 Å². The van der Waals surface area contributed by atoms with Gasteiger partial charge in [-0.05, 0) is 36.1 Å². The topological polar surface area (TPSA) is 15.3 Å². The molecule has 1 aliphatic rings. The van der Waals surface area contributed by atoms with Crippen LogP contribution in [0, 0.1) is 11.7 Å². The molecule has 20 heavy (non-hydrogen) atoms. The van der Waals surface area contributed by atoms with E-state index in [1.807, 2.05) is 0 Å². The summed E-state index contributed by atoms with van der Waals surface area (Å²) in [6.07, 6.45) is 1.07. The zero-order chi connectivity index (χ0) is 13.8. The second-order valence-electron chi connectivity index (χ2n) is 5.63. The average Bonchev–Trinajstić information content (AvgIpc) is 2.35. The van der Waals surface area contributed by atoms with E-state index >= 15 is 0 Å². The first kappa shape index (κ1) is 17.9. The van der Waals surface area contributed by atoms with Crippen molar-refractivity contribution in [1.82, 2.24) is 10.2 Å². The summed E-state index contributed by atoms with van der Waals surface area (Å²) in [6.45, 7) is 8.56. The van der Waals surface area contributed by atoms with Gasteiger partial charge in [0.15, 0.2) is 0 Å². The van der Waals surface area contributed by atoms with Crippen LogP contribution in [-0.4, -0.2) is 31.1 Å². The number of piperazine rings is 1. The van der Waals surface area contributed by atoms with Crippen LogP contribution in [0.1, 0.15) is 31.9 Å². The Morgan fingerprint density at radius 1 is 1.25 bits per heavy atom. The van der Waals surface area contributed by atoms with Gasteiger partial charge >= 0.3 is 0 Å². The number of rotatable bonds is 4. The fourth-order valence-electron chi connectivity index (χ4n) is 2.70. The SMILES string of the molecule is CC(C)C[C@@H](c1cc(F)cc(Br)c1)N1CCNCC1.Cl. The minimum atomic E-state index is -0.159. The normalized spacial score (nSPS) is 17.9. The first-order valence-electron chi connectivity index (χ1n) is 6.97. The molecule has 5 heteroatoms. The van der Waals surface area contributed by atoms with E-state index in [4.69, 9.17) is 0 Å². The van der Waals surface area contributed by atoms with Crippen molar-refractivity contribution in [2.75, 3.05) is 26.2 Å². The van der Waals surface area contributed by atoms with Crippen LogP contribution in [0.3, 0.4) is 0 Å². The average molecular weight is 366 g/mol. The maximum absolute atomic E-state index is 13.6. The summed E-state index contributed by atoms with van der Waals surface area (Å²) in [6, 6.07) is 5.57. The van der Waals surface area contributed by atoms with Crippen molar-refractivity contribution in [3.05, 3.63) is 34.1 Å². The molecule has 0 bridgehead atoms. The van der Waals surface area contributed by atoms with Gasteiger partial charge in [-0.25, -0.2) is 4.39 Å². The maximum Gasteiger partial charge on any atom is 0.124 e. The van der Waals surface area contributed by atoms with Crippen molar-refractivity contribution in [2.45, 2.75) is 26.3 Å². The zero-order valence-corrected chi connectivity index (χ0v) is 14.4. The minimum absolute atomic E-state index is 0. The van der Waals surface area contributed by atoms with Gasteiger partial charge in [0.2, 0.25) is 0 Å². The number of nitrogens with one attached hydrogen (secondary N) is 1. The summed E-state index contributed by atoms with van der Waals surface area (Å²) in [4.78, 5) is 2.47. The highest BCUT2D eigenvalue weighted by Crippen LogP contribution is 2.30. The molecule has 114 valence electrons. The fraction of sp³-hybridized carbons (Fsp3) is 0.600. The first-order valence-corrected chi connectivity index (χ1v) is 7.76. The Kier molecular flexibility index (Phi) is 7.45. The molecule has 0 radical (unpaired) electrons. The van der Waals surface area contributed by atoms with Crippen molar-refractivity contribution >= 4 is 28.3 Å². The lowest BCUT2D eigenvalue weighted by Crippen LogP contribution is -2.45. The molecule has 0 unspecified atom stereocenters. The first-order chi connectivity index (χ1) is 9.06. The molecule has 1 aromatic rings. The van der Waals surface area contributed by atoms with Gasteiger partial charge in [0.1, 0.15) is 5.82 Å². The van der Waals surface area contributed by atoms with Crippen LogP contribution in [0.5, 0.6) is 0 Å². The lowest BCUT2D eigenvalue weighted by molar-refractivity contribution is 0.154. The highest BCUT2D eigenvalue weighted by molar-refractivity contribution is 9.10. The lowest BCUT2D eigenvalue weighted by atomic mass is 9.95. The third-order valence-electron chi connectivity index (χ3n) is 3.56. The smallest absolute Gasteiger partial charge is 0.124 e. The maximum atomic E-state index is 13.6. The predicted molar refractivity (Wildman–Crippen MR) is 88.0 cm³/mol. The highest BCUT2D eigenvalue weighted by atomic mass is 79.9. The molecule has 1 aliphatic heterocycles. The summed E-state index contributed by atoms with van der Waals surface area (Å²) in [5.41, 5.74) is 1.09. The molecule has 2 nitrogen and oxygen atoms in total. The molecule has 1 saturated heterocycles. The molecule has 1 aromatic carbocycles. The summed E-state index contributed by atoms with van der Waals surface area (Å²) in [5.74, 6) is 0.440. The molecule has 0 saturated carbocycles. The number of nitrogens with zero attached hydrogens (tertiary/aromatic N) is 1. The Bertz CT molecular complexity index is 402. The quantitative estimate of drug-likeness (QED) is 0.867. The van der Waals surface area contributed by atoms with E-state index in [1.165, 1.54) is 6.07 Å². The molecule has 0 aliphatic carbocycles. The lowest BCUT2D eigenvalue weighted by Gasteiger charge is -2.36. The number of benzene rings is 1. The van der Waals surface area contributed by atoms with Crippen molar-refractivity contribution in [3.63, 3.8) is 0 Å². The third-order valence-corrected chi connectivity index (χ3v) is 4.01. The van der Waals surface area contributed by atoms with Crippen LogP contribution in [0.4, 0.5) is 4.39 Å². The molecule has 1 atom stereocenters. The largest absolute Gasteiger partial charge is 0.314 e. The Balaban J connectivity index is 0.00000200. The summed E-state index contributed by atoms with van der Waals surface area (Å²) in [7, 11) is 0. The van der Waals surface area contributed by atoms with Gasteiger partial charge in [0, 0.05) is 36.7 Å². The second kappa shape index (κ2) is 8.32. The van der Waals surface area contributed by atoms with Crippen molar-refractivity contribution in [3.8, 4) is 0 Å². The Morgan fingerprint density at radius 3 is 2.45 bits per heavy atom. The van der Waals surface area contributed by atoms with Gasteiger partial charge in [0.25, 0.3) is 0 Å². The van der Waals surface area contributed by atoms with Crippen LogP contribution < -0.4 is 5.32 Å². The van der Waals surface area contributed by atoms with Crippen LogP contribution in [0.2, 0.25) is 0 Å². The monoisotopic (exact) mass is 364 g/mol. The highest BCUT2D eigenvalue weighted by Gasteiger charge is 2.23. The van der Waals surface area contributed by atoms with Gasteiger partial charge in [0.05, 0.1) is 0 Å². The Hall–Kier alpha value is -0.160. The van der Waals surface area contributed by atoms with Crippen LogP contribution in [0.25, 0.3) is 0 Å². The van der Waals surface area contributed by atoms with Gasteiger partial charge in [-0.3, -0.25) is 4.90 Å². The molecule has 2 rings (SSSR count). The molecular formula is C15H23BrClFN2. The molecule has 0 amide bonds. The van der Waals surface area contributed by atoms with E-state index in [0.717, 1.165) is 42.6 Å². The van der Waals surface area contributed by atoms with Gasteiger partial charge in [-0.2, -0.15) is 0 Å². The Morgan fingerprint density at radius 2 is 1.90 bits per heavy atom. The standard InChI is InChI=1S/C15H22BrFN2.ClH/c1-11(2)7-15(19-5-3-18-4-6-19)12-8-13(16)10-14(17)9-12;/h8-11,15,18H,3-7H2,1-2H3;1H/t15-;/m0./s1. The summed E-state index contributed by atoms with van der Waals surface area (Å²) in [5, 5.41) is 3.37. The zero-order valence-electron chi connectivity index (χ0n) is 12.0. The van der Waals surface area contributed by atoms with E-state index in [-0.39, 0.29) is 18.2 Å². The molecule has 0 spiro atoms. The number of hydrogen-bond donors (Lipinski definition) is 1. The van der Waals surface area contributed by atoms with Crippen molar-refractivity contribution in [2.24, 2.45) is 5.92 Å². The van der Waals surface area contributed by atoms with E-state index in [9.17, 15) is 4.39 Å². The molecule has 0 aromatic heterocycles. The minimum Gasteiger partial charge on any atom is -0.314 e. The predicted octanol–water partition coefficient (Wildman–Crippen LogP) is 4.00. The second-order valence-corrected chi connectivity index (χ2v) is 6.55. The molecule has 1 fully saturated rings. The number of hydrogen-bond acceptors (Lipinski definition) is 2. The molecule has 1 N–H and O–H groups in total. The van der Waals surface area contributed by atoms with E-state index in [0.29, 0.717) is 12.0 Å². The van der Waals surface area contributed by atoms with Gasteiger partial charge in [-0.15, -0.1) is 12.4 Å². The van der Waals surface area contributed by atoms with Gasteiger partial charge in [-0.1, -0.05) is 29.8 Å². The Labute approximate surface area is 135 Å². The molecular weight excluding hydrogens is 343 g/mol. The third kappa shape index (κ3) is 4.99. The van der Waals surface area contributed by atoms with E-state index < -0.39 is 0 Å². The van der Waals surface area contributed by atoms with E-state index in [1.54, 1.807) is 6.07 Å². The van der Waals surface area contributed by atoms with Gasteiger partial charge < -0.3 is 5.32 Å². The van der Waals surface area contributed by atoms with Crippen molar-refractivity contribution < 1.29 is 4.39 Å². The van der Waals surface area contributed by atoms with Crippen molar-refractivity contribution in [1.29, 1.82) is 0 Å². The summed E-state index contributed by atoms with van der Waals surface area (Å²) >= 11 is 3.40. The summed E-state index contributed by atoms with van der Waals surface area (Å²) < 4.78 is 14.5. The fourth-order valence-corrected chi connectivity index (χ4v) is 3.19. The number of halogens is 3. The van der Waals surface area contributed by atoms with Crippen LogP contribution in [0.15, 0.2) is 22.7 Å². The molecule has 1 heterocycles. The van der Waals surface area contributed by atoms with E-state index in [2.05, 4.69) is 46.1 Å². The van der Waals surface area contributed by atoms with Crippen LogP contribution >= 0.6 is 28.3 Å².